The van der Waals surface area contributed by atoms with Crippen LogP contribution < -0.4 is 0 Å². The number of rotatable bonds is 2. The van der Waals surface area contributed by atoms with Gasteiger partial charge in [0.15, 0.2) is 0 Å². The zero-order chi connectivity index (χ0) is 22.6. The highest BCUT2D eigenvalue weighted by Crippen LogP contribution is 2.75. The van der Waals surface area contributed by atoms with E-state index in [9.17, 15) is 0 Å². The molecule has 0 amide bonds. The molecule has 6 saturated carbocycles. The SMILES string of the molecule is CC1(C2CCCCC2)C2CC3CC(C2)CC1(C1CCCCC1)C3.O=C(O)O.O=C(O)O. The maximum Gasteiger partial charge on any atom is 0.503 e. The summed E-state index contributed by atoms with van der Waals surface area (Å²) in [6, 6.07) is 0. The maximum atomic E-state index is 8.56. The standard InChI is InChI=1S/C23H38.2CH2O3/c1-22(19-8-4-2-5-9-19)21-13-17-12-18(14-21)16-23(22,15-17)20-10-6-3-7-11-20;2*2-1(3)4/h17-21H,2-16H2,1H3;2*(H2,2,3,4). The molecule has 0 aliphatic heterocycles. The summed E-state index contributed by atoms with van der Waals surface area (Å²) in [5.41, 5.74) is 1.51. The molecule has 4 bridgehead atoms. The molecule has 6 aliphatic rings. The molecule has 6 heteroatoms. The van der Waals surface area contributed by atoms with E-state index in [0.29, 0.717) is 0 Å². The highest BCUT2D eigenvalue weighted by atomic mass is 16.6. The largest absolute Gasteiger partial charge is 0.503 e. The van der Waals surface area contributed by atoms with Crippen molar-refractivity contribution < 1.29 is 30.0 Å². The zero-order valence-electron chi connectivity index (χ0n) is 19.1. The van der Waals surface area contributed by atoms with Crippen LogP contribution in [0, 0.1) is 40.4 Å². The Bertz CT molecular complexity index is 584. The fourth-order valence-electron chi connectivity index (χ4n) is 9.22. The van der Waals surface area contributed by atoms with Crippen LogP contribution in [0.4, 0.5) is 9.59 Å². The molecular formula is C25H42O6. The Labute approximate surface area is 186 Å². The average molecular weight is 439 g/mol. The van der Waals surface area contributed by atoms with E-state index in [2.05, 4.69) is 6.92 Å². The van der Waals surface area contributed by atoms with Crippen molar-refractivity contribution in [2.75, 3.05) is 0 Å². The molecule has 6 rings (SSSR count). The van der Waals surface area contributed by atoms with E-state index in [4.69, 9.17) is 30.0 Å². The molecule has 3 unspecified atom stereocenters. The van der Waals surface area contributed by atoms with Crippen LogP contribution in [0.25, 0.3) is 0 Å². The van der Waals surface area contributed by atoms with Crippen LogP contribution in [0.5, 0.6) is 0 Å². The molecule has 0 spiro atoms. The fraction of sp³-hybridized carbons (Fsp3) is 0.920. The minimum atomic E-state index is -1.83. The van der Waals surface area contributed by atoms with Gasteiger partial charge in [-0.05, 0) is 98.2 Å². The Hall–Kier alpha value is -1.46. The smallest absolute Gasteiger partial charge is 0.450 e. The highest BCUT2D eigenvalue weighted by Gasteiger charge is 2.66. The molecular weight excluding hydrogens is 396 g/mol. The summed E-state index contributed by atoms with van der Waals surface area (Å²) in [4.78, 5) is 17.1. The van der Waals surface area contributed by atoms with E-state index in [1.54, 1.807) is 83.5 Å². The Balaban J connectivity index is 0.000000297. The van der Waals surface area contributed by atoms with Crippen molar-refractivity contribution in [3.63, 3.8) is 0 Å². The molecule has 178 valence electrons. The van der Waals surface area contributed by atoms with E-state index >= 15 is 0 Å². The Morgan fingerprint density at radius 3 is 1.42 bits per heavy atom. The van der Waals surface area contributed by atoms with Gasteiger partial charge in [0, 0.05) is 0 Å². The number of carbonyl (C=O) groups is 2. The van der Waals surface area contributed by atoms with Gasteiger partial charge in [-0.25, -0.2) is 9.59 Å². The molecule has 6 aliphatic carbocycles. The lowest BCUT2D eigenvalue weighted by Gasteiger charge is -2.72. The summed E-state index contributed by atoms with van der Waals surface area (Å²) in [7, 11) is 0. The third-order valence-corrected chi connectivity index (χ3v) is 9.97. The summed E-state index contributed by atoms with van der Waals surface area (Å²) < 4.78 is 0. The van der Waals surface area contributed by atoms with Crippen LogP contribution >= 0.6 is 0 Å². The predicted octanol–water partition coefficient (Wildman–Crippen LogP) is 7.42. The molecule has 0 saturated heterocycles. The fourth-order valence-corrected chi connectivity index (χ4v) is 9.22. The minimum absolute atomic E-state index is 0.725. The van der Waals surface area contributed by atoms with Crippen molar-refractivity contribution in [1.29, 1.82) is 0 Å². The van der Waals surface area contributed by atoms with Gasteiger partial charge in [0.1, 0.15) is 0 Å². The van der Waals surface area contributed by atoms with E-state index in [1.807, 2.05) is 0 Å². The molecule has 4 N–H and O–H groups in total. The zero-order valence-corrected chi connectivity index (χ0v) is 19.1. The van der Waals surface area contributed by atoms with E-state index in [0.717, 1.165) is 40.4 Å². The lowest BCUT2D eigenvalue weighted by Crippen LogP contribution is -2.64. The topological polar surface area (TPSA) is 115 Å². The highest BCUT2D eigenvalue weighted by molar-refractivity contribution is 5.53. The second kappa shape index (κ2) is 9.99. The van der Waals surface area contributed by atoms with E-state index in [-0.39, 0.29) is 0 Å². The molecule has 0 heterocycles. The quantitative estimate of drug-likeness (QED) is 0.356. The summed E-state index contributed by atoms with van der Waals surface area (Å²) in [5, 5.41) is 27.9. The van der Waals surface area contributed by atoms with Crippen molar-refractivity contribution in [1.82, 2.24) is 0 Å². The molecule has 0 aromatic rings. The molecule has 31 heavy (non-hydrogen) atoms. The van der Waals surface area contributed by atoms with Crippen LogP contribution in [-0.4, -0.2) is 32.7 Å². The summed E-state index contributed by atoms with van der Waals surface area (Å²) in [5.74, 6) is 5.57. The van der Waals surface area contributed by atoms with Gasteiger partial charge in [-0.15, -0.1) is 0 Å². The van der Waals surface area contributed by atoms with Crippen molar-refractivity contribution in [3.05, 3.63) is 0 Å². The van der Waals surface area contributed by atoms with Crippen molar-refractivity contribution >= 4 is 12.3 Å². The Kier molecular flexibility index (Phi) is 7.80. The summed E-state index contributed by atoms with van der Waals surface area (Å²) in [6.45, 7) is 2.85. The first-order chi connectivity index (χ1) is 14.7. The summed E-state index contributed by atoms with van der Waals surface area (Å²) >= 11 is 0. The van der Waals surface area contributed by atoms with Gasteiger partial charge in [-0.2, -0.15) is 0 Å². The van der Waals surface area contributed by atoms with Crippen molar-refractivity contribution in [2.45, 2.75) is 103 Å². The van der Waals surface area contributed by atoms with E-state index < -0.39 is 12.3 Å². The van der Waals surface area contributed by atoms with Gasteiger partial charge in [-0.1, -0.05) is 45.4 Å². The van der Waals surface area contributed by atoms with Gasteiger partial charge in [-0.3, -0.25) is 0 Å². The van der Waals surface area contributed by atoms with Crippen LogP contribution in [0.15, 0.2) is 0 Å². The Morgan fingerprint density at radius 2 is 1.00 bits per heavy atom. The third-order valence-electron chi connectivity index (χ3n) is 9.97. The predicted molar refractivity (Wildman–Crippen MR) is 119 cm³/mol. The molecule has 3 atom stereocenters. The van der Waals surface area contributed by atoms with E-state index in [1.165, 1.54) is 12.8 Å². The molecule has 0 aromatic carbocycles. The van der Waals surface area contributed by atoms with Crippen LogP contribution in [-0.2, 0) is 0 Å². The minimum Gasteiger partial charge on any atom is -0.450 e. The maximum absolute atomic E-state index is 8.56. The second-order valence-corrected chi connectivity index (χ2v) is 11.2. The monoisotopic (exact) mass is 438 g/mol. The summed E-state index contributed by atoms with van der Waals surface area (Å²) in [6.07, 6.45) is 20.1. The van der Waals surface area contributed by atoms with Crippen LogP contribution in [0.3, 0.4) is 0 Å². The van der Waals surface area contributed by atoms with Crippen molar-refractivity contribution in [3.8, 4) is 0 Å². The van der Waals surface area contributed by atoms with Crippen LogP contribution in [0.2, 0.25) is 0 Å². The first-order valence-electron chi connectivity index (χ1n) is 12.5. The normalized spacial score (nSPS) is 39.6. The van der Waals surface area contributed by atoms with Crippen molar-refractivity contribution in [2.24, 2.45) is 40.4 Å². The average Bonchev–Trinajstić information content (AvgIpc) is 2.72. The molecule has 6 fully saturated rings. The van der Waals surface area contributed by atoms with Gasteiger partial charge in [0.2, 0.25) is 0 Å². The van der Waals surface area contributed by atoms with Gasteiger partial charge in [0.25, 0.3) is 0 Å². The second-order valence-electron chi connectivity index (χ2n) is 11.2. The Morgan fingerprint density at radius 1 is 0.613 bits per heavy atom. The first kappa shape index (κ1) is 24.2. The molecule has 6 nitrogen and oxygen atoms in total. The van der Waals surface area contributed by atoms with Gasteiger partial charge < -0.3 is 20.4 Å². The van der Waals surface area contributed by atoms with Crippen LogP contribution in [0.1, 0.15) is 103 Å². The lowest BCUT2D eigenvalue weighted by molar-refractivity contribution is -0.229. The number of hydrogen-bond donors (Lipinski definition) is 4. The number of hydrogen-bond acceptors (Lipinski definition) is 2. The third kappa shape index (κ3) is 4.98. The first-order valence-corrected chi connectivity index (χ1v) is 12.5. The number of carboxylic acid groups (broad SMARTS) is 4. The molecule has 0 aromatic heterocycles. The lowest BCUT2D eigenvalue weighted by atomic mass is 9.33. The van der Waals surface area contributed by atoms with Gasteiger partial charge in [0.05, 0.1) is 0 Å². The molecule has 0 radical (unpaired) electrons. The van der Waals surface area contributed by atoms with Gasteiger partial charge >= 0.3 is 12.3 Å².